The average Bonchev–Trinajstić information content (AvgIpc) is 3.67. The van der Waals surface area contributed by atoms with Crippen LogP contribution in [0.15, 0.2) is 0 Å². The number of phosphoric ester groups is 1. The summed E-state index contributed by atoms with van der Waals surface area (Å²) in [5, 5.41) is 10.4. The number of ether oxygens (including phenoxy) is 3. The van der Waals surface area contributed by atoms with Gasteiger partial charge in [0, 0.05) is 19.3 Å². The molecule has 3 saturated carbocycles. The van der Waals surface area contributed by atoms with Crippen molar-refractivity contribution in [1.29, 1.82) is 0 Å². The van der Waals surface area contributed by atoms with Crippen molar-refractivity contribution in [3.8, 4) is 0 Å². The maximum Gasteiger partial charge on any atom is 0.472 e. The molecule has 11 nitrogen and oxygen atoms in total. The Hall–Kier alpha value is -1.52. The van der Waals surface area contributed by atoms with Gasteiger partial charge in [0.15, 0.2) is 6.10 Å². The maximum atomic E-state index is 12.9. The molecule has 3 fully saturated rings. The summed E-state index contributed by atoms with van der Waals surface area (Å²) >= 11 is 0. The summed E-state index contributed by atoms with van der Waals surface area (Å²) in [5.41, 5.74) is 0. The molecule has 4 atom stereocenters. The molecule has 3 rings (SSSR count). The third kappa shape index (κ3) is 38.6. The predicted octanol–water partition coefficient (Wildman–Crippen LogP) is 17.3. The Balaban J connectivity index is 1.26. The molecule has 3 aliphatic carbocycles. The lowest BCUT2D eigenvalue weighted by atomic mass is 9.85. The highest BCUT2D eigenvalue weighted by atomic mass is 31.2. The van der Waals surface area contributed by atoms with Crippen LogP contribution in [0.5, 0.6) is 0 Å². The molecule has 0 aliphatic heterocycles. The van der Waals surface area contributed by atoms with E-state index in [4.69, 9.17) is 23.3 Å². The van der Waals surface area contributed by atoms with E-state index in [1.165, 1.54) is 212 Å². The van der Waals surface area contributed by atoms with Crippen LogP contribution in [0.2, 0.25) is 0 Å². The third-order valence-electron chi connectivity index (χ3n) is 16.6. The van der Waals surface area contributed by atoms with Gasteiger partial charge < -0.3 is 24.2 Å². The van der Waals surface area contributed by atoms with Crippen molar-refractivity contribution < 1.29 is 52.2 Å². The fourth-order valence-electron chi connectivity index (χ4n) is 11.8. The van der Waals surface area contributed by atoms with Gasteiger partial charge in [-0.2, -0.15) is 0 Å². The molecule has 0 heterocycles. The summed E-state index contributed by atoms with van der Waals surface area (Å²) in [6.45, 7) is 0.298. The van der Waals surface area contributed by atoms with Gasteiger partial charge in [0.2, 0.25) is 0 Å². The number of unbranched alkanes of at least 4 members (excludes halogenated alkanes) is 20. The summed E-state index contributed by atoms with van der Waals surface area (Å²) in [6, 6.07) is 0. The van der Waals surface area contributed by atoms with Crippen LogP contribution in [-0.4, -0.2) is 66.5 Å². The number of rotatable bonds is 46. The van der Waals surface area contributed by atoms with Crippen LogP contribution in [0, 0.1) is 23.7 Å². The van der Waals surface area contributed by atoms with Crippen molar-refractivity contribution in [3.63, 3.8) is 0 Å². The second-order valence-electron chi connectivity index (χ2n) is 23.5. The first kappa shape index (κ1) is 65.8. The number of aliphatic hydroxyl groups excluding tert-OH is 1. The van der Waals surface area contributed by atoms with Crippen molar-refractivity contribution in [2.45, 2.75) is 321 Å². The van der Waals surface area contributed by atoms with Crippen LogP contribution >= 0.6 is 7.82 Å². The smallest absolute Gasteiger partial charge is 0.463 e. The zero-order chi connectivity index (χ0) is 52.3. The lowest BCUT2D eigenvalue weighted by Crippen LogP contribution is -2.30. The molecule has 0 aromatic rings. The monoisotopic (exact) mass is 1050 g/mol. The minimum Gasteiger partial charge on any atom is -0.463 e. The second-order valence-corrected chi connectivity index (χ2v) is 24.9. The Morgan fingerprint density at radius 3 is 1.25 bits per heavy atom. The molecule has 73 heavy (non-hydrogen) atoms. The lowest BCUT2D eigenvalue weighted by Gasteiger charge is -2.21. The van der Waals surface area contributed by atoms with Gasteiger partial charge in [-0.1, -0.05) is 270 Å². The number of carbonyl (C=O) groups is 3. The first-order chi connectivity index (χ1) is 35.6. The summed E-state index contributed by atoms with van der Waals surface area (Å²) in [4.78, 5) is 48.5. The lowest BCUT2D eigenvalue weighted by molar-refractivity contribution is -0.161. The molecule has 4 unspecified atom stereocenters. The van der Waals surface area contributed by atoms with E-state index in [1.807, 2.05) is 0 Å². The van der Waals surface area contributed by atoms with Crippen molar-refractivity contribution in [2.75, 3.05) is 26.4 Å². The SMILES string of the molecule is CC(CCCCCCCC1CCCCCC1)CCC(=O)OCC(O)COP(=O)(O)OCC(COC(=O)CCCCCCCCCCCCC1CCCCC1)OC(=O)CCCCCCCCCCC1CCCCC1. The highest BCUT2D eigenvalue weighted by Gasteiger charge is 2.28. The number of phosphoric acid groups is 1. The summed E-state index contributed by atoms with van der Waals surface area (Å²) in [5.74, 6) is 1.95. The Kier molecular flexibility index (Phi) is 40.1. The van der Waals surface area contributed by atoms with Gasteiger partial charge in [-0.15, -0.1) is 0 Å². The summed E-state index contributed by atoms with van der Waals surface area (Å²) in [7, 11) is -4.72. The molecule has 0 amide bonds. The highest BCUT2D eigenvalue weighted by Crippen LogP contribution is 2.43. The first-order valence-electron chi connectivity index (χ1n) is 31.4. The Morgan fingerprint density at radius 2 is 0.781 bits per heavy atom. The van der Waals surface area contributed by atoms with Gasteiger partial charge in [0.05, 0.1) is 13.2 Å². The van der Waals surface area contributed by atoms with E-state index in [0.717, 1.165) is 69.1 Å². The molecule has 428 valence electrons. The highest BCUT2D eigenvalue weighted by molar-refractivity contribution is 7.47. The van der Waals surface area contributed by atoms with Gasteiger partial charge in [-0.3, -0.25) is 23.4 Å². The molecule has 0 radical (unpaired) electrons. The summed E-state index contributed by atoms with van der Waals surface area (Å²) < 4.78 is 39.4. The number of esters is 3. The number of hydrogen-bond donors (Lipinski definition) is 2. The van der Waals surface area contributed by atoms with Crippen LogP contribution in [0.3, 0.4) is 0 Å². The zero-order valence-corrected chi connectivity index (χ0v) is 47.9. The Labute approximate surface area is 447 Å². The fraction of sp³-hybridized carbons (Fsp3) is 0.951. The van der Waals surface area contributed by atoms with Gasteiger partial charge in [0.1, 0.15) is 19.3 Å². The van der Waals surface area contributed by atoms with Gasteiger partial charge >= 0.3 is 25.7 Å². The van der Waals surface area contributed by atoms with E-state index in [1.54, 1.807) is 0 Å². The van der Waals surface area contributed by atoms with E-state index in [9.17, 15) is 28.9 Å². The number of hydrogen-bond acceptors (Lipinski definition) is 10. The molecule has 2 N–H and O–H groups in total. The molecule has 3 aliphatic rings. The average molecular weight is 1050 g/mol. The largest absolute Gasteiger partial charge is 0.472 e. The van der Waals surface area contributed by atoms with E-state index in [-0.39, 0.29) is 32.5 Å². The van der Waals surface area contributed by atoms with E-state index in [0.29, 0.717) is 25.2 Å². The normalized spacial score (nSPS) is 18.4. The zero-order valence-electron chi connectivity index (χ0n) is 47.0. The molecule has 0 aromatic carbocycles. The van der Waals surface area contributed by atoms with Crippen LogP contribution in [0.4, 0.5) is 0 Å². The van der Waals surface area contributed by atoms with E-state index >= 15 is 0 Å². The molecule has 0 saturated heterocycles. The fourth-order valence-corrected chi connectivity index (χ4v) is 12.6. The Morgan fingerprint density at radius 1 is 0.425 bits per heavy atom. The van der Waals surface area contributed by atoms with E-state index < -0.39 is 51.2 Å². The van der Waals surface area contributed by atoms with E-state index in [2.05, 4.69) is 6.92 Å². The van der Waals surface area contributed by atoms with Gasteiger partial charge in [-0.05, 0) is 42.9 Å². The molecular formula is C61H113O11P. The van der Waals surface area contributed by atoms with Crippen molar-refractivity contribution in [3.05, 3.63) is 0 Å². The summed E-state index contributed by atoms with van der Waals surface area (Å²) in [6.07, 6.45) is 54.0. The minimum absolute atomic E-state index is 0.184. The van der Waals surface area contributed by atoms with Gasteiger partial charge in [-0.25, -0.2) is 4.57 Å². The first-order valence-corrected chi connectivity index (χ1v) is 32.9. The molecular weight excluding hydrogens is 940 g/mol. The minimum atomic E-state index is -4.72. The quantitative estimate of drug-likeness (QED) is 0.0197. The maximum absolute atomic E-state index is 12.9. The van der Waals surface area contributed by atoms with Crippen LogP contribution in [-0.2, 0) is 42.2 Å². The molecule has 0 bridgehead atoms. The standard InChI is InChI=1S/C61H113O11P/c1-53(35-23-13-12-16-26-38-54-39-27-19-20-28-40-54)47-48-60(64)68-49-57(62)50-70-73(66,67)71-52-58(72-61(65)46-34-18-11-7-6-9-15-25-37-56-43-31-22-32-44-56)51-69-59(63)45-33-17-10-5-3-2-4-8-14-24-36-55-41-29-21-30-42-55/h53-58,62H,2-52H2,1H3,(H,66,67). The third-order valence-corrected chi connectivity index (χ3v) is 17.5. The van der Waals surface area contributed by atoms with Gasteiger partial charge in [0.25, 0.3) is 0 Å². The Bertz CT molecular complexity index is 1380. The van der Waals surface area contributed by atoms with Crippen LogP contribution < -0.4 is 0 Å². The van der Waals surface area contributed by atoms with Crippen LogP contribution in [0.25, 0.3) is 0 Å². The van der Waals surface area contributed by atoms with Crippen LogP contribution in [0.1, 0.15) is 309 Å². The second kappa shape index (κ2) is 44.5. The predicted molar refractivity (Wildman–Crippen MR) is 296 cm³/mol. The molecule has 0 spiro atoms. The van der Waals surface area contributed by atoms with Crippen molar-refractivity contribution in [1.82, 2.24) is 0 Å². The number of aliphatic hydroxyl groups is 1. The van der Waals surface area contributed by atoms with Crippen molar-refractivity contribution in [2.24, 2.45) is 23.7 Å². The number of carbonyl (C=O) groups excluding carboxylic acids is 3. The molecule has 12 heteroatoms. The topological polar surface area (TPSA) is 155 Å². The molecule has 0 aromatic heterocycles. The van der Waals surface area contributed by atoms with Crippen molar-refractivity contribution >= 4 is 25.7 Å².